The highest BCUT2D eigenvalue weighted by Crippen LogP contribution is 2.09. The van der Waals surface area contributed by atoms with E-state index in [0.717, 1.165) is 5.56 Å². The van der Waals surface area contributed by atoms with Crippen LogP contribution in [0.25, 0.3) is 0 Å². The van der Waals surface area contributed by atoms with Crippen LogP contribution in [0.3, 0.4) is 0 Å². The number of anilines is 2. The summed E-state index contributed by atoms with van der Waals surface area (Å²) >= 11 is 0. The van der Waals surface area contributed by atoms with Gasteiger partial charge < -0.3 is 39.9 Å². The molecule has 0 radical (unpaired) electrons. The van der Waals surface area contributed by atoms with Crippen LogP contribution in [0.5, 0.6) is 0 Å². The van der Waals surface area contributed by atoms with Gasteiger partial charge in [-0.2, -0.15) is 0 Å². The molecule has 3 aromatic rings. The summed E-state index contributed by atoms with van der Waals surface area (Å²) in [6.07, 6.45) is -1.37. The molecule has 0 aliphatic rings. The molecule has 0 aliphatic carbocycles. The molecule has 0 amide bonds. The van der Waals surface area contributed by atoms with Crippen molar-refractivity contribution in [2.75, 3.05) is 44.5 Å². The molecule has 4 N–H and O–H groups in total. The molecule has 0 saturated heterocycles. The third-order valence-corrected chi connectivity index (χ3v) is 5.70. The molecular weight excluding hydrogens is 592 g/mol. The van der Waals surface area contributed by atoms with Crippen molar-refractivity contribution in [1.82, 2.24) is 0 Å². The Balaban J connectivity index is 1.51. The van der Waals surface area contributed by atoms with Gasteiger partial charge in [0.25, 0.3) is 0 Å². The summed E-state index contributed by atoms with van der Waals surface area (Å²) in [7, 11) is 0. The highest BCUT2D eigenvalue weighted by Gasteiger charge is 2.22. The second kappa shape index (κ2) is 16.6. The molecule has 0 bridgehead atoms. The van der Waals surface area contributed by atoms with Crippen molar-refractivity contribution in [2.24, 2.45) is 0 Å². The third kappa shape index (κ3) is 11.7. The first-order chi connectivity index (χ1) is 21.5. The van der Waals surface area contributed by atoms with Gasteiger partial charge in [-0.05, 0) is 67.6 Å². The predicted octanol–water partition coefficient (Wildman–Crippen LogP) is 2.03. The van der Waals surface area contributed by atoms with E-state index in [1.807, 2.05) is 6.92 Å². The highest BCUT2D eigenvalue weighted by atomic mass is 16.6. The fourth-order valence-electron chi connectivity index (χ4n) is 3.34. The number of nitrogens with two attached hydrogens (primary N) is 2. The lowest BCUT2D eigenvalue weighted by atomic mass is 10.1. The average Bonchev–Trinajstić information content (AvgIpc) is 3.03. The van der Waals surface area contributed by atoms with Crippen LogP contribution >= 0.6 is 0 Å². The molecule has 0 fully saturated rings. The Morgan fingerprint density at radius 1 is 0.511 bits per heavy atom. The van der Waals surface area contributed by atoms with E-state index in [2.05, 4.69) is 0 Å². The molecule has 1 atom stereocenters. The minimum Gasteiger partial charge on any atom is -0.459 e. The summed E-state index contributed by atoms with van der Waals surface area (Å²) in [4.78, 5) is 73.2. The normalized spacial score (nSPS) is 11.0. The molecular formula is C31H30N2O12. The zero-order valence-corrected chi connectivity index (χ0v) is 24.1. The van der Waals surface area contributed by atoms with Crippen LogP contribution < -0.4 is 11.5 Å². The maximum Gasteiger partial charge on any atom is 0.344 e. The van der Waals surface area contributed by atoms with Gasteiger partial charge in [0.15, 0.2) is 25.9 Å². The third-order valence-electron chi connectivity index (χ3n) is 5.70. The quantitative estimate of drug-likeness (QED) is 0.150. The largest absolute Gasteiger partial charge is 0.459 e. The zero-order chi connectivity index (χ0) is 32.8. The van der Waals surface area contributed by atoms with Gasteiger partial charge in [0.1, 0.15) is 13.2 Å². The summed E-state index contributed by atoms with van der Waals surface area (Å²) in [5, 5.41) is 0. The first-order valence-corrected chi connectivity index (χ1v) is 13.3. The molecule has 3 aromatic carbocycles. The number of hydrogen-bond donors (Lipinski definition) is 2. The summed E-state index contributed by atoms with van der Waals surface area (Å²) in [6.45, 7) is -1.78. The minimum absolute atomic E-state index is 0.130. The molecule has 0 heterocycles. The Labute approximate surface area is 257 Å². The second-order valence-corrected chi connectivity index (χ2v) is 9.32. The molecule has 0 saturated carbocycles. The van der Waals surface area contributed by atoms with Crippen molar-refractivity contribution in [3.05, 3.63) is 95.1 Å². The van der Waals surface area contributed by atoms with E-state index in [9.17, 15) is 28.8 Å². The van der Waals surface area contributed by atoms with Crippen LogP contribution in [0.15, 0.2) is 72.8 Å². The van der Waals surface area contributed by atoms with E-state index in [0.29, 0.717) is 11.4 Å². The standard InChI is InChI=1S/C31H30N2O12/c1-19-2-4-20(5-3-19)29(37)42-16-26(34)40-14-25(45-28(36)18-44-31(39)22-8-12-24(33)13-9-22)15-41-27(35)17-43-30(38)21-6-10-23(32)11-7-21/h2-13,25H,14-18,32-33H2,1H3. The van der Waals surface area contributed by atoms with Gasteiger partial charge in [0.05, 0.1) is 16.7 Å². The number of rotatable bonds is 14. The van der Waals surface area contributed by atoms with Gasteiger partial charge in [0, 0.05) is 11.4 Å². The van der Waals surface area contributed by atoms with Gasteiger partial charge >= 0.3 is 35.8 Å². The van der Waals surface area contributed by atoms with Gasteiger partial charge in [0.2, 0.25) is 0 Å². The maximum absolute atomic E-state index is 12.4. The second-order valence-electron chi connectivity index (χ2n) is 9.32. The van der Waals surface area contributed by atoms with Crippen LogP contribution in [0.2, 0.25) is 0 Å². The highest BCUT2D eigenvalue weighted by molar-refractivity contribution is 5.92. The molecule has 14 heteroatoms. The van der Waals surface area contributed by atoms with Crippen molar-refractivity contribution in [1.29, 1.82) is 0 Å². The van der Waals surface area contributed by atoms with Gasteiger partial charge in [-0.25, -0.2) is 28.8 Å². The first-order valence-electron chi connectivity index (χ1n) is 13.3. The Kier molecular flexibility index (Phi) is 12.4. The van der Waals surface area contributed by atoms with E-state index < -0.39 is 75.0 Å². The van der Waals surface area contributed by atoms with Gasteiger partial charge in [-0.3, -0.25) is 0 Å². The van der Waals surface area contributed by atoms with Gasteiger partial charge in [-0.15, -0.1) is 0 Å². The molecule has 3 rings (SSSR count). The smallest absolute Gasteiger partial charge is 0.344 e. The monoisotopic (exact) mass is 622 g/mol. The van der Waals surface area contributed by atoms with E-state index in [1.54, 1.807) is 12.1 Å². The Bertz CT molecular complexity index is 1430. The van der Waals surface area contributed by atoms with E-state index in [1.165, 1.54) is 60.7 Å². The number of carbonyl (C=O) groups is 6. The van der Waals surface area contributed by atoms with Crippen molar-refractivity contribution < 1.29 is 57.2 Å². The van der Waals surface area contributed by atoms with Crippen LogP contribution in [0.4, 0.5) is 11.4 Å². The fraction of sp³-hybridized carbons (Fsp3) is 0.226. The molecule has 0 aliphatic heterocycles. The number of aryl methyl sites for hydroxylation is 1. The number of benzene rings is 3. The number of carbonyl (C=O) groups excluding carboxylic acids is 6. The first kappa shape index (κ1) is 33.6. The number of esters is 6. The molecule has 14 nitrogen and oxygen atoms in total. The Morgan fingerprint density at radius 2 is 0.844 bits per heavy atom. The van der Waals surface area contributed by atoms with E-state index in [-0.39, 0.29) is 16.7 Å². The summed E-state index contributed by atoms with van der Waals surface area (Å²) < 4.78 is 29.9. The van der Waals surface area contributed by atoms with Crippen molar-refractivity contribution in [3.8, 4) is 0 Å². The summed E-state index contributed by atoms with van der Waals surface area (Å²) in [5.74, 6) is -5.47. The lowest BCUT2D eigenvalue weighted by Gasteiger charge is -2.18. The van der Waals surface area contributed by atoms with Crippen molar-refractivity contribution >= 4 is 47.2 Å². The zero-order valence-electron chi connectivity index (χ0n) is 24.1. The van der Waals surface area contributed by atoms with Crippen molar-refractivity contribution in [3.63, 3.8) is 0 Å². The molecule has 236 valence electrons. The number of nitrogen functional groups attached to an aromatic ring is 2. The van der Waals surface area contributed by atoms with Crippen molar-refractivity contribution in [2.45, 2.75) is 13.0 Å². The number of hydrogen-bond acceptors (Lipinski definition) is 14. The van der Waals surface area contributed by atoms with E-state index >= 15 is 0 Å². The van der Waals surface area contributed by atoms with E-state index in [4.69, 9.17) is 39.9 Å². The van der Waals surface area contributed by atoms with Crippen LogP contribution in [0.1, 0.15) is 36.6 Å². The van der Waals surface area contributed by atoms with Crippen LogP contribution in [0, 0.1) is 6.92 Å². The lowest BCUT2D eigenvalue weighted by Crippen LogP contribution is -2.33. The average molecular weight is 623 g/mol. The van der Waals surface area contributed by atoms with Crippen LogP contribution in [-0.2, 0) is 42.8 Å². The van der Waals surface area contributed by atoms with Gasteiger partial charge in [-0.1, -0.05) is 17.7 Å². The minimum atomic E-state index is -1.37. The summed E-state index contributed by atoms with van der Waals surface area (Å²) in [5.41, 5.74) is 13.4. The number of ether oxygens (including phenoxy) is 6. The van der Waals surface area contributed by atoms with Crippen LogP contribution in [-0.4, -0.2) is 75.0 Å². The molecule has 0 spiro atoms. The molecule has 0 aromatic heterocycles. The molecule has 1 unspecified atom stereocenters. The Hall–Kier alpha value is -5.92. The fourth-order valence-corrected chi connectivity index (χ4v) is 3.34. The summed E-state index contributed by atoms with van der Waals surface area (Å²) in [6, 6.07) is 18.0. The SMILES string of the molecule is Cc1ccc(C(=O)OCC(=O)OCC(COC(=O)COC(=O)c2ccc(N)cc2)OC(=O)COC(=O)c2ccc(N)cc2)cc1. The maximum atomic E-state index is 12.4. The topological polar surface area (TPSA) is 210 Å². The predicted molar refractivity (Wildman–Crippen MR) is 156 cm³/mol. The molecule has 45 heavy (non-hydrogen) atoms. The lowest BCUT2D eigenvalue weighted by molar-refractivity contribution is -0.170. The Morgan fingerprint density at radius 3 is 1.22 bits per heavy atom.